The van der Waals surface area contributed by atoms with Crippen LogP contribution in [0.4, 0.5) is 0 Å². The standard InChI is InChI=1S/C12H18N2O2/c1-9(2)14-6-10-5-13-4-3-12(10)16-11-7-15-8-11/h3-5,9,11,14H,6-8H2,1-2H3. The Morgan fingerprint density at radius 1 is 1.56 bits per heavy atom. The Bertz CT molecular complexity index is 338. The van der Waals surface area contributed by atoms with Crippen LogP contribution in [0, 0.1) is 0 Å². The van der Waals surface area contributed by atoms with E-state index in [9.17, 15) is 0 Å². The van der Waals surface area contributed by atoms with E-state index < -0.39 is 0 Å². The maximum atomic E-state index is 5.81. The Balaban J connectivity index is 1.98. The molecule has 16 heavy (non-hydrogen) atoms. The zero-order chi connectivity index (χ0) is 11.4. The molecule has 4 heteroatoms. The van der Waals surface area contributed by atoms with Crippen molar-refractivity contribution in [3.05, 3.63) is 24.0 Å². The van der Waals surface area contributed by atoms with Crippen molar-refractivity contribution in [2.45, 2.75) is 32.5 Å². The molecule has 2 rings (SSSR count). The van der Waals surface area contributed by atoms with Gasteiger partial charge in [-0.2, -0.15) is 0 Å². The summed E-state index contributed by atoms with van der Waals surface area (Å²) < 4.78 is 10.9. The second-order valence-corrected chi connectivity index (χ2v) is 4.30. The third-order valence-corrected chi connectivity index (χ3v) is 2.46. The molecule has 2 heterocycles. The number of aromatic nitrogens is 1. The molecule has 0 radical (unpaired) electrons. The van der Waals surface area contributed by atoms with Gasteiger partial charge in [-0.3, -0.25) is 4.98 Å². The molecule has 1 fully saturated rings. The zero-order valence-corrected chi connectivity index (χ0v) is 9.77. The highest BCUT2D eigenvalue weighted by molar-refractivity contribution is 5.30. The molecule has 1 aromatic rings. The molecule has 0 saturated carbocycles. The Hall–Kier alpha value is -1.13. The average Bonchev–Trinajstić information content (AvgIpc) is 2.22. The number of pyridine rings is 1. The molecule has 0 aromatic carbocycles. The Morgan fingerprint density at radius 2 is 2.38 bits per heavy atom. The molecular formula is C12H18N2O2. The smallest absolute Gasteiger partial charge is 0.145 e. The molecule has 0 bridgehead atoms. The number of nitrogens with one attached hydrogen (secondary N) is 1. The first-order valence-corrected chi connectivity index (χ1v) is 5.66. The fourth-order valence-corrected chi connectivity index (χ4v) is 1.44. The van der Waals surface area contributed by atoms with Crippen LogP contribution in [0.2, 0.25) is 0 Å². The van der Waals surface area contributed by atoms with E-state index in [4.69, 9.17) is 9.47 Å². The molecular weight excluding hydrogens is 204 g/mol. The summed E-state index contributed by atoms with van der Waals surface area (Å²) in [4.78, 5) is 4.12. The average molecular weight is 222 g/mol. The quantitative estimate of drug-likeness (QED) is 0.817. The van der Waals surface area contributed by atoms with E-state index >= 15 is 0 Å². The monoisotopic (exact) mass is 222 g/mol. The molecule has 0 spiro atoms. The van der Waals surface area contributed by atoms with Gasteiger partial charge in [0.25, 0.3) is 0 Å². The summed E-state index contributed by atoms with van der Waals surface area (Å²) in [5.41, 5.74) is 1.10. The van der Waals surface area contributed by atoms with Gasteiger partial charge in [0.2, 0.25) is 0 Å². The van der Waals surface area contributed by atoms with Gasteiger partial charge in [0.15, 0.2) is 0 Å². The van der Waals surface area contributed by atoms with E-state index in [0.29, 0.717) is 19.3 Å². The van der Waals surface area contributed by atoms with Crippen molar-refractivity contribution in [2.24, 2.45) is 0 Å². The van der Waals surface area contributed by atoms with Crippen molar-refractivity contribution in [1.82, 2.24) is 10.3 Å². The van der Waals surface area contributed by atoms with Gasteiger partial charge in [0, 0.05) is 30.5 Å². The van der Waals surface area contributed by atoms with Crippen molar-refractivity contribution in [3.8, 4) is 5.75 Å². The van der Waals surface area contributed by atoms with E-state index in [0.717, 1.165) is 17.9 Å². The Kier molecular flexibility index (Phi) is 3.74. The molecule has 1 aliphatic rings. The maximum Gasteiger partial charge on any atom is 0.145 e. The number of rotatable bonds is 5. The summed E-state index contributed by atoms with van der Waals surface area (Å²) in [5, 5.41) is 3.36. The van der Waals surface area contributed by atoms with Crippen LogP contribution in [0.3, 0.4) is 0 Å². The van der Waals surface area contributed by atoms with Gasteiger partial charge in [0.1, 0.15) is 11.9 Å². The predicted molar refractivity (Wildman–Crippen MR) is 61.4 cm³/mol. The van der Waals surface area contributed by atoms with Crippen molar-refractivity contribution >= 4 is 0 Å². The summed E-state index contributed by atoms with van der Waals surface area (Å²) in [5.74, 6) is 0.913. The normalized spacial score (nSPS) is 16.2. The van der Waals surface area contributed by atoms with Crippen LogP contribution in [0.15, 0.2) is 18.5 Å². The molecule has 1 N–H and O–H groups in total. The Morgan fingerprint density at radius 3 is 3.00 bits per heavy atom. The van der Waals surface area contributed by atoms with Gasteiger partial charge >= 0.3 is 0 Å². The fourth-order valence-electron chi connectivity index (χ4n) is 1.44. The molecule has 4 nitrogen and oxygen atoms in total. The van der Waals surface area contributed by atoms with Crippen LogP contribution in [0.5, 0.6) is 5.75 Å². The number of ether oxygens (including phenoxy) is 2. The minimum absolute atomic E-state index is 0.209. The molecule has 88 valence electrons. The first-order valence-electron chi connectivity index (χ1n) is 5.66. The molecule has 0 amide bonds. The van der Waals surface area contributed by atoms with Gasteiger partial charge in [-0.15, -0.1) is 0 Å². The van der Waals surface area contributed by atoms with Crippen LogP contribution in [0.25, 0.3) is 0 Å². The third-order valence-electron chi connectivity index (χ3n) is 2.46. The molecule has 1 aliphatic heterocycles. The number of hydrogen-bond acceptors (Lipinski definition) is 4. The van der Waals surface area contributed by atoms with Crippen LogP contribution in [0.1, 0.15) is 19.4 Å². The summed E-state index contributed by atoms with van der Waals surface area (Å²) in [7, 11) is 0. The molecule has 1 saturated heterocycles. The highest BCUT2D eigenvalue weighted by Gasteiger charge is 2.21. The fraction of sp³-hybridized carbons (Fsp3) is 0.583. The summed E-state index contributed by atoms with van der Waals surface area (Å²) in [6.45, 7) is 6.42. The minimum atomic E-state index is 0.209. The molecule has 0 atom stereocenters. The van der Waals surface area contributed by atoms with Crippen LogP contribution in [-0.2, 0) is 11.3 Å². The lowest BCUT2D eigenvalue weighted by atomic mass is 10.2. The van der Waals surface area contributed by atoms with Crippen LogP contribution < -0.4 is 10.1 Å². The van der Waals surface area contributed by atoms with E-state index in [1.165, 1.54) is 0 Å². The van der Waals surface area contributed by atoms with Gasteiger partial charge in [-0.25, -0.2) is 0 Å². The number of hydrogen-bond donors (Lipinski definition) is 1. The zero-order valence-electron chi connectivity index (χ0n) is 9.77. The van der Waals surface area contributed by atoms with Gasteiger partial charge in [-0.1, -0.05) is 13.8 Å². The van der Waals surface area contributed by atoms with Crippen molar-refractivity contribution < 1.29 is 9.47 Å². The van der Waals surface area contributed by atoms with E-state index in [1.807, 2.05) is 12.3 Å². The topological polar surface area (TPSA) is 43.4 Å². The first kappa shape index (κ1) is 11.4. The van der Waals surface area contributed by atoms with Crippen molar-refractivity contribution in [2.75, 3.05) is 13.2 Å². The van der Waals surface area contributed by atoms with Gasteiger partial charge in [-0.05, 0) is 6.07 Å². The van der Waals surface area contributed by atoms with Crippen molar-refractivity contribution in [3.63, 3.8) is 0 Å². The van der Waals surface area contributed by atoms with E-state index in [2.05, 4.69) is 24.1 Å². The SMILES string of the molecule is CC(C)NCc1cnccc1OC1COC1. The van der Waals surface area contributed by atoms with Gasteiger partial charge in [0.05, 0.1) is 13.2 Å². The summed E-state index contributed by atoms with van der Waals surface area (Å²) in [6.07, 6.45) is 3.82. The maximum absolute atomic E-state index is 5.81. The summed E-state index contributed by atoms with van der Waals surface area (Å²) in [6, 6.07) is 2.37. The third kappa shape index (κ3) is 2.93. The largest absolute Gasteiger partial charge is 0.485 e. The van der Waals surface area contributed by atoms with Crippen LogP contribution in [-0.4, -0.2) is 30.3 Å². The number of nitrogens with zero attached hydrogens (tertiary/aromatic N) is 1. The first-order chi connectivity index (χ1) is 7.75. The molecule has 0 unspecified atom stereocenters. The second kappa shape index (κ2) is 5.27. The lowest BCUT2D eigenvalue weighted by Gasteiger charge is -2.27. The lowest BCUT2D eigenvalue weighted by molar-refractivity contribution is -0.0800. The lowest BCUT2D eigenvalue weighted by Crippen LogP contribution is -2.39. The van der Waals surface area contributed by atoms with E-state index in [1.54, 1.807) is 6.20 Å². The van der Waals surface area contributed by atoms with Crippen LogP contribution >= 0.6 is 0 Å². The molecule has 1 aromatic heterocycles. The van der Waals surface area contributed by atoms with Gasteiger partial charge < -0.3 is 14.8 Å². The predicted octanol–water partition coefficient (Wildman–Crippen LogP) is 1.36. The van der Waals surface area contributed by atoms with Crippen molar-refractivity contribution in [1.29, 1.82) is 0 Å². The minimum Gasteiger partial charge on any atom is -0.485 e. The highest BCUT2D eigenvalue weighted by atomic mass is 16.6. The second-order valence-electron chi connectivity index (χ2n) is 4.30. The Labute approximate surface area is 96.0 Å². The highest BCUT2D eigenvalue weighted by Crippen LogP contribution is 2.20. The molecule has 0 aliphatic carbocycles. The van der Waals surface area contributed by atoms with E-state index in [-0.39, 0.29) is 6.10 Å². The summed E-state index contributed by atoms with van der Waals surface area (Å²) >= 11 is 0.